The van der Waals surface area contributed by atoms with E-state index in [1.807, 2.05) is 5.32 Å². The number of nitrogens with one attached hydrogen (secondary N) is 1. The standard InChI is InChI=1S/C15H11NO10S/c17-6-4-8(12(18)10(5-6)27(24,25)26)13(19)16-9-3-1-2-7(14(20)21)11(9)15(22)23/h1-5,17-18H,(H,16,19)(H,20,21)(H,22,23)(H,24,25,26). The maximum atomic E-state index is 12.3. The summed E-state index contributed by atoms with van der Waals surface area (Å²) >= 11 is 0. The quantitative estimate of drug-likeness (QED) is 0.312. The van der Waals surface area contributed by atoms with Crippen LogP contribution in [-0.4, -0.2) is 51.2 Å². The zero-order valence-electron chi connectivity index (χ0n) is 13.1. The summed E-state index contributed by atoms with van der Waals surface area (Å²) in [6.07, 6.45) is 0. The highest BCUT2D eigenvalue weighted by atomic mass is 32.2. The van der Waals surface area contributed by atoms with Gasteiger partial charge in [-0.05, 0) is 18.2 Å². The predicted molar refractivity (Wildman–Crippen MR) is 87.9 cm³/mol. The number of hydrogen-bond acceptors (Lipinski definition) is 7. The number of phenolic OH excluding ortho intramolecular Hbond substituents is 2. The van der Waals surface area contributed by atoms with E-state index in [1.54, 1.807) is 0 Å². The molecule has 1 amide bonds. The Balaban J connectivity index is 2.57. The molecule has 142 valence electrons. The number of rotatable bonds is 5. The second-order valence-electron chi connectivity index (χ2n) is 5.11. The van der Waals surface area contributed by atoms with Crippen molar-refractivity contribution in [1.82, 2.24) is 0 Å². The van der Waals surface area contributed by atoms with Gasteiger partial charge in [0.15, 0.2) is 0 Å². The van der Waals surface area contributed by atoms with E-state index in [0.717, 1.165) is 18.2 Å². The van der Waals surface area contributed by atoms with Crippen LogP contribution in [0.2, 0.25) is 0 Å². The number of phenols is 2. The number of aromatic hydroxyl groups is 2. The number of benzene rings is 2. The molecular weight excluding hydrogens is 386 g/mol. The number of amides is 1. The van der Waals surface area contributed by atoms with Crippen molar-refractivity contribution in [3.8, 4) is 11.5 Å². The molecule has 0 radical (unpaired) electrons. The summed E-state index contributed by atoms with van der Waals surface area (Å²) in [4.78, 5) is 33.7. The molecule has 0 atom stereocenters. The summed E-state index contributed by atoms with van der Waals surface area (Å²) in [5.74, 6) is -6.49. The van der Waals surface area contributed by atoms with Gasteiger partial charge < -0.3 is 25.7 Å². The molecule has 2 aromatic rings. The van der Waals surface area contributed by atoms with Crippen molar-refractivity contribution in [1.29, 1.82) is 0 Å². The Morgan fingerprint density at radius 3 is 2.07 bits per heavy atom. The Bertz CT molecular complexity index is 1070. The van der Waals surface area contributed by atoms with Crippen LogP contribution >= 0.6 is 0 Å². The van der Waals surface area contributed by atoms with E-state index in [4.69, 9.17) is 9.66 Å². The molecule has 0 bridgehead atoms. The minimum absolute atomic E-state index is 0.455. The third-order valence-corrected chi connectivity index (χ3v) is 4.21. The van der Waals surface area contributed by atoms with Crippen molar-refractivity contribution in [3.63, 3.8) is 0 Å². The van der Waals surface area contributed by atoms with Gasteiger partial charge in [-0.1, -0.05) is 6.07 Å². The summed E-state index contributed by atoms with van der Waals surface area (Å²) in [6, 6.07) is 4.37. The maximum Gasteiger partial charge on any atom is 0.338 e. The van der Waals surface area contributed by atoms with Gasteiger partial charge in [0.05, 0.1) is 22.4 Å². The second-order valence-corrected chi connectivity index (χ2v) is 6.50. The first kappa shape index (κ1) is 19.7. The highest BCUT2D eigenvalue weighted by molar-refractivity contribution is 7.86. The summed E-state index contributed by atoms with van der Waals surface area (Å²) < 4.78 is 31.5. The first-order valence-corrected chi connectivity index (χ1v) is 8.32. The lowest BCUT2D eigenvalue weighted by molar-refractivity contribution is 0.0652. The van der Waals surface area contributed by atoms with Gasteiger partial charge in [-0.2, -0.15) is 8.42 Å². The number of carboxylic acid groups (broad SMARTS) is 2. The predicted octanol–water partition coefficient (Wildman–Crippen LogP) is 0.993. The number of anilines is 1. The van der Waals surface area contributed by atoms with Gasteiger partial charge in [-0.3, -0.25) is 9.35 Å². The average Bonchev–Trinajstić information content (AvgIpc) is 2.54. The second kappa shape index (κ2) is 6.93. The molecule has 0 fully saturated rings. The molecule has 12 heteroatoms. The van der Waals surface area contributed by atoms with Crippen LogP contribution in [0.3, 0.4) is 0 Å². The van der Waals surface area contributed by atoms with E-state index >= 15 is 0 Å². The van der Waals surface area contributed by atoms with Crippen molar-refractivity contribution < 1.29 is 47.8 Å². The monoisotopic (exact) mass is 397 g/mol. The molecule has 0 saturated heterocycles. The number of carbonyl (C=O) groups is 3. The lowest BCUT2D eigenvalue weighted by Gasteiger charge is -2.12. The molecule has 27 heavy (non-hydrogen) atoms. The number of aromatic carboxylic acids is 2. The topological polar surface area (TPSA) is 199 Å². The Labute approximate surface area is 150 Å². The first-order valence-electron chi connectivity index (χ1n) is 6.88. The lowest BCUT2D eigenvalue weighted by Crippen LogP contribution is -2.18. The minimum atomic E-state index is -4.99. The Kier molecular flexibility index (Phi) is 5.05. The molecule has 11 nitrogen and oxygen atoms in total. The van der Waals surface area contributed by atoms with Crippen LogP contribution in [0.25, 0.3) is 0 Å². The summed E-state index contributed by atoms with van der Waals surface area (Å²) in [7, 11) is -4.99. The zero-order chi connectivity index (χ0) is 20.5. The molecule has 0 aromatic heterocycles. The minimum Gasteiger partial charge on any atom is -0.508 e. The van der Waals surface area contributed by atoms with Gasteiger partial charge in [0.2, 0.25) is 0 Å². The van der Waals surface area contributed by atoms with Gasteiger partial charge in [0.1, 0.15) is 16.4 Å². The molecule has 2 rings (SSSR count). The SMILES string of the molecule is O=C(Nc1cccc(C(=O)O)c1C(=O)O)c1cc(O)cc(S(=O)(=O)O)c1O. The summed E-state index contributed by atoms with van der Waals surface area (Å²) in [5.41, 5.74) is -2.64. The number of carboxylic acids is 2. The van der Waals surface area contributed by atoms with E-state index in [-0.39, 0.29) is 0 Å². The highest BCUT2D eigenvalue weighted by Gasteiger charge is 2.26. The third kappa shape index (κ3) is 3.96. The van der Waals surface area contributed by atoms with E-state index in [2.05, 4.69) is 0 Å². The van der Waals surface area contributed by atoms with Crippen LogP contribution in [0.4, 0.5) is 5.69 Å². The van der Waals surface area contributed by atoms with Gasteiger partial charge in [0.25, 0.3) is 16.0 Å². The molecule has 6 N–H and O–H groups in total. The van der Waals surface area contributed by atoms with Gasteiger partial charge in [0, 0.05) is 6.07 Å². The Hall–Kier alpha value is -3.64. The molecule has 0 aliphatic rings. The molecule has 0 heterocycles. The fourth-order valence-electron chi connectivity index (χ4n) is 2.22. The summed E-state index contributed by atoms with van der Waals surface area (Å²) in [6.45, 7) is 0. The zero-order valence-corrected chi connectivity index (χ0v) is 13.9. The lowest BCUT2D eigenvalue weighted by atomic mass is 10.0. The van der Waals surface area contributed by atoms with Gasteiger partial charge >= 0.3 is 11.9 Å². The van der Waals surface area contributed by atoms with E-state index < -0.39 is 66.7 Å². The van der Waals surface area contributed by atoms with Crippen LogP contribution in [0.15, 0.2) is 35.2 Å². The van der Waals surface area contributed by atoms with Crippen molar-refractivity contribution in [2.75, 3.05) is 5.32 Å². The largest absolute Gasteiger partial charge is 0.508 e. The van der Waals surface area contributed by atoms with Crippen LogP contribution < -0.4 is 5.32 Å². The van der Waals surface area contributed by atoms with E-state index in [9.17, 15) is 38.1 Å². The number of hydrogen-bond donors (Lipinski definition) is 6. The van der Waals surface area contributed by atoms with E-state index in [1.165, 1.54) is 0 Å². The number of carbonyl (C=O) groups excluding carboxylic acids is 1. The van der Waals surface area contributed by atoms with Crippen LogP contribution in [0, 0.1) is 0 Å². The smallest absolute Gasteiger partial charge is 0.338 e. The fraction of sp³-hybridized carbons (Fsp3) is 0. The van der Waals surface area contributed by atoms with Crippen molar-refractivity contribution in [2.24, 2.45) is 0 Å². The summed E-state index contributed by atoms with van der Waals surface area (Å²) in [5, 5.41) is 39.7. The van der Waals surface area contributed by atoms with Crippen LogP contribution in [0.1, 0.15) is 31.1 Å². The first-order chi connectivity index (χ1) is 12.4. The van der Waals surface area contributed by atoms with Crippen LogP contribution in [0.5, 0.6) is 11.5 Å². The molecule has 0 aliphatic heterocycles. The molecule has 0 aliphatic carbocycles. The Morgan fingerprint density at radius 2 is 1.56 bits per heavy atom. The van der Waals surface area contributed by atoms with Crippen LogP contribution in [-0.2, 0) is 10.1 Å². The molecule has 0 unspecified atom stereocenters. The normalized spacial score (nSPS) is 11.0. The maximum absolute atomic E-state index is 12.3. The van der Waals surface area contributed by atoms with Gasteiger partial charge in [-0.25, -0.2) is 9.59 Å². The highest BCUT2D eigenvalue weighted by Crippen LogP contribution is 2.32. The fourth-order valence-corrected chi connectivity index (χ4v) is 2.84. The molecule has 0 saturated carbocycles. The third-order valence-electron chi connectivity index (χ3n) is 3.34. The van der Waals surface area contributed by atoms with Crippen molar-refractivity contribution in [2.45, 2.75) is 4.90 Å². The van der Waals surface area contributed by atoms with E-state index in [0.29, 0.717) is 12.1 Å². The van der Waals surface area contributed by atoms with Crippen molar-refractivity contribution >= 4 is 33.7 Å². The molecule has 2 aromatic carbocycles. The Morgan fingerprint density at radius 1 is 0.926 bits per heavy atom. The van der Waals surface area contributed by atoms with Gasteiger partial charge in [-0.15, -0.1) is 0 Å². The average molecular weight is 397 g/mol. The molecular formula is C15H11NO10S. The molecule has 0 spiro atoms. The van der Waals surface area contributed by atoms with Crippen molar-refractivity contribution in [3.05, 3.63) is 47.0 Å².